The van der Waals surface area contributed by atoms with Crippen molar-refractivity contribution in [1.82, 2.24) is 4.31 Å². The van der Waals surface area contributed by atoms with Crippen LogP contribution in [0.3, 0.4) is 0 Å². The van der Waals surface area contributed by atoms with Gasteiger partial charge in [0.25, 0.3) is 0 Å². The van der Waals surface area contributed by atoms with Gasteiger partial charge in [0.1, 0.15) is 16.4 Å². The summed E-state index contributed by atoms with van der Waals surface area (Å²) >= 11 is 0. The maximum atomic E-state index is 12.8. The molecule has 1 atom stereocenters. The van der Waals surface area contributed by atoms with Crippen LogP contribution in [-0.4, -0.2) is 45.9 Å². The first-order valence-electron chi connectivity index (χ1n) is 6.91. The fourth-order valence-corrected chi connectivity index (χ4v) is 4.21. The molecule has 1 aromatic carbocycles. The number of nitrogens with zero attached hydrogens (tertiary/aromatic N) is 1. The van der Waals surface area contributed by atoms with Gasteiger partial charge >= 0.3 is 0 Å². The van der Waals surface area contributed by atoms with Crippen LogP contribution in [0.4, 0.5) is 0 Å². The van der Waals surface area contributed by atoms with E-state index in [0.717, 1.165) is 0 Å². The minimum absolute atomic E-state index is 0.0273. The van der Waals surface area contributed by atoms with Gasteiger partial charge < -0.3 is 15.2 Å². The molecule has 2 N–H and O–H groups in total. The van der Waals surface area contributed by atoms with Crippen LogP contribution in [0.2, 0.25) is 0 Å². The van der Waals surface area contributed by atoms with Gasteiger partial charge in [0.2, 0.25) is 15.9 Å². The van der Waals surface area contributed by atoms with E-state index in [9.17, 15) is 13.2 Å². The lowest BCUT2D eigenvalue weighted by Gasteiger charge is -2.30. The molecular formula is C14H20N2O5S. The van der Waals surface area contributed by atoms with Crippen LogP contribution < -0.4 is 15.2 Å². The molecule has 122 valence electrons. The third kappa shape index (κ3) is 3.17. The van der Waals surface area contributed by atoms with E-state index in [1.54, 1.807) is 12.1 Å². The van der Waals surface area contributed by atoms with E-state index in [0.29, 0.717) is 25.1 Å². The molecule has 0 radical (unpaired) electrons. The number of ether oxygens (including phenoxy) is 2. The average Bonchev–Trinajstić information content (AvgIpc) is 2.54. The smallest absolute Gasteiger partial charge is 0.246 e. The SMILES string of the molecule is COc1ccc(OC)c(S(=O)(=O)N2CCC[C@H](C(N)=O)C2)c1. The van der Waals surface area contributed by atoms with E-state index >= 15 is 0 Å². The molecular weight excluding hydrogens is 308 g/mol. The maximum absolute atomic E-state index is 12.8. The van der Waals surface area contributed by atoms with E-state index in [1.165, 1.54) is 24.6 Å². The van der Waals surface area contributed by atoms with E-state index in [-0.39, 0.29) is 17.2 Å². The number of amides is 1. The van der Waals surface area contributed by atoms with Crippen LogP contribution in [0.1, 0.15) is 12.8 Å². The molecule has 0 saturated carbocycles. The number of primary amides is 1. The van der Waals surface area contributed by atoms with Crippen LogP contribution in [0.15, 0.2) is 23.1 Å². The highest BCUT2D eigenvalue weighted by atomic mass is 32.2. The van der Waals surface area contributed by atoms with Crippen molar-refractivity contribution < 1.29 is 22.7 Å². The fraction of sp³-hybridized carbons (Fsp3) is 0.500. The number of hydrogen-bond donors (Lipinski definition) is 1. The van der Waals surface area contributed by atoms with E-state index in [2.05, 4.69) is 0 Å². The predicted octanol–water partition coefficient (Wildman–Crippen LogP) is 0.590. The zero-order valence-electron chi connectivity index (χ0n) is 12.6. The molecule has 7 nitrogen and oxygen atoms in total. The molecule has 0 spiro atoms. The van der Waals surface area contributed by atoms with Crippen molar-refractivity contribution in [3.8, 4) is 11.5 Å². The summed E-state index contributed by atoms with van der Waals surface area (Å²) in [5.74, 6) is -0.275. The lowest BCUT2D eigenvalue weighted by molar-refractivity contribution is -0.122. The van der Waals surface area contributed by atoms with Crippen molar-refractivity contribution in [1.29, 1.82) is 0 Å². The lowest BCUT2D eigenvalue weighted by Crippen LogP contribution is -2.44. The Kier molecular flexibility index (Phi) is 4.92. The number of methoxy groups -OCH3 is 2. The summed E-state index contributed by atoms with van der Waals surface area (Å²) in [5.41, 5.74) is 5.31. The standard InChI is InChI=1S/C14H20N2O5S/c1-20-11-5-6-12(21-2)13(8-11)22(18,19)16-7-3-4-10(9-16)14(15)17/h5-6,8,10H,3-4,7,9H2,1-2H3,(H2,15,17)/t10-/m0/s1. The number of sulfonamides is 1. The van der Waals surface area contributed by atoms with Crippen molar-refractivity contribution >= 4 is 15.9 Å². The summed E-state index contributed by atoms with van der Waals surface area (Å²) in [6.45, 7) is 0.449. The van der Waals surface area contributed by atoms with Gasteiger partial charge in [0.15, 0.2) is 0 Å². The summed E-state index contributed by atoms with van der Waals surface area (Å²) in [6, 6.07) is 4.59. The van der Waals surface area contributed by atoms with Crippen LogP contribution in [0.5, 0.6) is 11.5 Å². The normalized spacial score (nSPS) is 19.6. The van der Waals surface area contributed by atoms with Gasteiger partial charge in [-0.2, -0.15) is 4.31 Å². The van der Waals surface area contributed by atoms with Gasteiger partial charge in [-0.15, -0.1) is 0 Å². The molecule has 0 unspecified atom stereocenters. The molecule has 1 heterocycles. The highest BCUT2D eigenvalue weighted by Gasteiger charge is 2.34. The Hall–Kier alpha value is -1.80. The third-order valence-corrected chi connectivity index (χ3v) is 5.66. The summed E-state index contributed by atoms with van der Waals surface area (Å²) in [7, 11) is -0.917. The Balaban J connectivity index is 2.39. The number of piperidine rings is 1. The van der Waals surface area contributed by atoms with Crippen molar-refractivity contribution in [3.05, 3.63) is 18.2 Å². The average molecular weight is 328 g/mol. The molecule has 22 heavy (non-hydrogen) atoms. The van der Waals surface area contributed by atoms with E-state index in [1.807, 2.05) is 0 Å². The highest BCUT2D eigenvalue weighted by molar-refractivity contribution is 7.89. The zero-order valence-corrected chi connectivity index (χ0v) is 13.4. The molecule has 1 aliphatic heterocycles. The molecule has 0 aliphatic carbocycles. The Labute approximate surface area is 130 Å². The minimum atomic E-state index is -3.78. The van der Waals surface area contributed by atoms with Gasteiger partial charge in [-0.1, -0.05) is 0 Å². The molecule has 1 aliphatic rings. The lowest BCUT2D eigenvalue weighted by atomic mass is 9.99. The molecule has 2 rings (SSSR count). The molecule has 1 fully saturated rings. The second-order valence-electron chi connectivity index (χ2n) is 5.12. The first-order valence-corrected chi connectivity index (χ1v) is 8.35. The summed E-state index contributed by atoms with van der Waals surface area (Å²) < 4.78 is 37.2. The van der Waals surface area contributed by atoms with Gasteiger partial charge in [-0.05, 0) is 25.0 Å². The van der Waals surface area contributed by atoms with Gasteiger partial charge in [-0.3, -0.25) is 4.79 Å². The van der Waals surface area contributed by atoms with Crippen molar-refractivity contribution in [2.24, 2.45) is 11.7 Å². The number of rotatable bonds is 5. The van der Waals surface area contributed by atoms with E-state index < -0.39 is 21.8 Å². The molecule has 1 amide bonds. The van der Waals surface area contributed by atoms with Crippen molar-refractivity contribution in [2.75, 3.05) is 27.3 Å². The second kappa shape index (κ2) is 6.53. The first kappa shape index (κ1) is 16.6. The second-order valence-corrected chi connectivity index (χ2v) is 7.03. The van der Waals surface area contributed by atoms with Gasteiger partial charge in [0, 0.05) is 19.2 Å². The number of carbonyl (C=O) groups is 1. The Bertz CT molecular complexity index is 659. The maximum Gasteiger partial charge on any atom is 0.246 e. The predicted molar refractivity (Wildman–Crippen MR) is 80.2 cm³/mol. The Morgan fingerprint density at radius 1 is 1.32 bits per heavy atom. The number of nitrogens with two attached hydrogens (primary N) is 1. The van der Waals surface area contributed by atoms with Gasteiger partial charge in [-0.25, -0.2) is 8.42 Å². The first-order chi connectivity index (χ1) is 10.4. The number of benzene rings is 1. The van der Waals surface area contributed by atoms with Crippen LogP contribution in [-0.2, 0) is 14.8 Å². The van der Waals surface area contributed by atoms with Crippen molar-refractivity contribution in [3.63, 3.8) is 0 Å². The molecule has 8 heteroatoms. The monoisotopic (exact) mass is 328 g/mol. The minimum Gasteiger partial charge on any atom is -0.497 e. The summed E-state index contributed by atoms with van der Waals surface area (Å²) in [4.78, 5) is 11.4. The van der Waals surface area contributed by atoms with Crippen LogP contribution in [0.25, 0.3) is 0 Å². The quantitative estimate of drug-likeness (QED) is 0.853. The Morgan fingerprint density at radius 3 is 2.64 bits per heavy atom. The van der Waals surface area contributed by atoms with E-state index in [4.69, 9.17) is 15.2 Å². The summed E-state index contributed by atoms with van der Waals surface area (Å²) in [6.07, 6.45) is 1.20. The summed E-state index contributed by atoms with van der Waals surface area (Å²) in [5, 5.41) is 0. The van der Waals surface area contributed by atoms with Crippen LogP contribution >= 0.6 is 0 Å². The van der Waals surface area contributed by atoms with Crippen molar-refractivity contribution in [2.45, 2.75) is 17.7 Å². The topological polar surface area (TPSA) is 98.9 Å². The molecule has 0 bridgehead atoms. The third-order valence-electron chi connectivity index (χ3n) is 3.78. The molecule has 1 saturated heterocycles. The zero-order chi connectivity index (χ0) is 16.3. The number of hydrogen-bond acceptors (Lipinski definition) is 5. The fourth-order valence-electron chi connectivity index (χ4n) is 2.52. The largest absolute Gasteiger partial charge is 0.497 e. The molecule has 1 aromatic rings. The van der Waals surface area contributed by atoms with Gasteiger partial charge in [0.05, 0.1) is 20.1 Å². The van der Waals surface area contributed by atoms with Crippen LogP contribution in [0, 0.1) is 5.92 Å². The highest BCUT2D eigenvalue weighted by Crippen LogP contribution is 2.32. The Morgan fingerprint density at radius 2 is 2.05 bits per heavy atom. The molecule has 0 aromatic heterocycles. The number of carbonyl (C=O) groups excluding carboxylic acids is 1.